The second-order valence-electron chi connectivity index (χ2n) is 4.59. The van der Waals surface area contributed by atoms with Crippen molar-refractivity contribution in [3.8, 4) is 5.75 Å². The van der Waals surface area contributed by atoms with E-state index in [1.165, 1.54) is 12.1 Å². The Kier molecular flexibility index (Phi) is 6.21. The number of carbonyl (C=O) groups is 1. The van der Waals surface area contributed by atoms with Gasteiger partial charge in [0.2, 0.25) is 5.91 Å². The Morgan fingerprint density at radius 1 is 1.25 bits per heavy atom. The van der Waals surface area contributed by atoms with Crippen LogP contribution in [0.4, 0.5) is 14.5 Å². The molecule has 112 valence electrons. The second kappa shape index (κ2) is 7.67. The molecule has 0 saturated carbocycles. The summed E-state index contributed by atoms with van der Waals surface area (Å²) in [6, 6.07) is 5.73. The molecule has 1 aromatic carbocycles. The summed E-state index contributed by atoms with van der Waals surface area (Å²) >= 11 is 0. The first-order valence-corrected chi connectivity index (χ1v) is 6.54. The van der Waals surface area contributed by atoms with Crippen molar-refractivity contribution >= 4 is 11.6 Å². The zero-order chi connectivity index (χ0) is 15.1. The molecule has 6 heteroatoms. The van der Waals surface area contributed by atoms with E-state index in [-0.39, 0.29) is 17.7 Å². The van der Waals surface area contributed by atoms with Crippen LogP contribution in [-0.2, 0) is 4.79 Å². The molecule has 0 heterocycles. The normalized spacial score (nSPS) is 13.7. The predicted molar refractivity (Wildman–Crippen MR) is 74.1 cm³/mol. The smallest absolute Gasteiger partial charge is 0.387 e. The van der Waals surface area contributed by atoms with Crippen LogP contribution in [0.1, 0.15) is 27.2 Å². The molecule has 2 unspecified atom stereocenters. The molecule has 0 aromatic heterocycles. The molecule has 1 rings (SSSR count). The minimum absolute atomic E-state index is 0.0854. The van der Waals surface area contributed by atoms with Crippen molar-refractivity contribution in [2.75, 3.05) is 5.32 Å². The van der Waals surface area contributed by atoms with Crippen LogP contribution in [-0.4, -0.2) is 24.6 Å². The minimum Gasteiger partial charge on any atom is -0.435 e. The van der Waals surface area contributed by atoms with Gasteiger partial charge < -0.3 is 15.4 Å². The lowest BCUT2D eigenvalue weighted by Gasteiger charge is -2.18. The van der Waals surface area contributed by atoms with E-state index in [0.717, 1.165) is 6.42 Å². The van der Waals surface area contributed by atoms with Gasteiger partial charge in [0, 0.05) is 11.7 Å². The van der Waals surface area contributed by atoms with Crippen molar-refractivity contribution in [2.24, 2.45) is 0 Å². The van der Waals surface area contributed by atoms with Gasteiger partial charge >= 0.3 is 6.61 Å². The number of amides is 1. The molecule has 4 nitrogen and oxygen atoms in total. The number of rotatable bonds is 7. The SMILES string of the molecule is CCC(C)NC(=O)C(C)Nc1ccc(OC(F)F)cc1. The van der Waals surface area contributed by atoms with Crippen LogP contribution < -0.4 is 15.4 Å². The number of halogens is 2. The third-order valence-electron chi connectivity index (χ3n) is 2.86. The highest BCUT2D eigenvalue weighted by Gasteiger charge is 2.14. The van der Waals surface area contributed by atoms with Crippen molar-refractivity contribution in [1.82, 2.24) is 5.32 Å². The van der Waals surface area contributed by atoms with E-state index >= 15 is 0 Å². The van der Waals surface area contributed by atoms with Gasteiger partial charge in [-0.2, -0.15) is 8.78 Å². The average Bonchev–Trinajstić information content (AvgIpc) is 2.40. The molecule has 2 N–H and O–H groups in total. The van der Waals surface area contributed by atoms with Crippen LogP contribution in [0.5, 0.6) is 5.75 Å². The van der Waals surface area contributed by atoms with Gasteiger partial charge in [0.1, 0.15) is 11.8 Å². The van der Waals surface area contributed by atoms with Gasteiger partial charge in [0.05, 0.1) is 0 Å². The van der Waals surface area contributed by atoms with Crippen LogP contribution >= 0.6 is 0 Å². The fourth-order valence-corrected chi connectivity index (χ4v) is 1.52. The number of ether oxygens (including phenoxy) is 1. The molecular formula is C14H20F2N2O2. The Morgan fingerprint density at radius 2 is 1.85 bits per heavy atom. The molecule has 1 amide bonds. The van der Waals surface area contributed by atoms with Crippen LogP contribution in [0.25, 0.3) is 0 Å². The highest BCUT2D eigenvalue weighted by Crippen LogP contribution is 2.18. The van der Waals surface area contributed by atoms with Gasteiger partial charge in [0.15, 0.2) is 0 Å². The maximum atomic E-state index is 12.0. The van der Waals surface area contributed by atoms with Crippen molar-refractivity contribution in [2.45, 2.75) is 45.9 Å². The number of hydrogen-bond donors (Lipinski definition) is 2. The zero-order valence-corrected chi connectivity index (χ0v) is 11.8. The van der Waals surface area contributed by atoms with E-state index in [2.05, 4.69) is 15.4 Å². The highest BCUT2D eigenvalue weighted by molar-refractivity contribution is 5.84. The van der Waals surface area contributed by atoms with E-state index in [1.807, 2.05) is 13.8 Å². The maximum Gasteiger partial charge on any atom is 0.387 e. The molecule has 1 aromatic rings. The lowest BCUT2D eigenvalue weighted by atomic mass is 10.2. The Bertz CT molecular complexity index is 424. The topological polar surface area (TPSA) is 50.4 Å². The van der Waals surface area contributed by atoms with Gasteiger partial charge in [-0.3, -0.25) is 4.79 Å². The second-order valence-corrected chi connectivity index (χ2v) is 4.59. The van der Waals surface area contributed by atoms with Crippen LogP contribution in [0, 0.1) is 0 Å². The zero-order valence-electron chi connectivity index (χ0n) is 11.8. The van der Waals surface area contributed by atoms with Gasteiger partial charge in [-0.05, 0) is 44.5 Å². The summed E-state index contributed by atoms with van der Waals surface area (Å²) < 4.78 is 28.3. The van der Waals surface area contributed by atoms with Gasteiger partial charge in [-0.15, -0.1) is 0 Å². The number of anilines is 1. The maximum absolute atomic E-state index is 12.0. The Hall–Kier alpha value is -1.85. The number of benzene rings is 1. The number of hydrogen-bond acceptors (Lipinski definition) is 3. The Morgan fingerprint density at radius 3 is 2.35 bits per heavy atom. The first kappa shape index (κ1) is 16.2. The monoisotopic (exact) mass is 286 g/mol. The third kappa shape index (κ3) is 5.42. The van der Waals surface area contributed by atoms with Gasteiger partial charge in [-0.25, -0.2) is 0 Å². The van der Waals surface area contributed by atoms with Crippen molar-refractivity contribution in [3.63, 3.8) is 0 Å². The van der Waals surface area contributed by atoms with Crippen LogP contribution in [0.2, 0.25) is 0 Å². The quantitative estimate of drug-likeness (QED) is 0.810. The molecule has 20 heavy (non-hydrogen) atoms. The van der Waals surface area contributed by atoms with E-state index in [9.17, 15) is 13.6 Å². The van der Waals surface area contributed by atoms with E-state index in [4.69, 9.17) is 0 Å². The molecule has 0 spiro atoms. The summed E-state index contributed by atoms with van der Waals surface area (Å²) in [7, 11) is 0. The molecule has 0 radical (unpaired) electrons. The minimum atomic E-state index is -2.84. The average molecular weight is 286 g/mol. The summed E-state index contributed by atoms with van der Waals surface area (Å²) in [6.07, 6.45) is 0.859. The van der Waals surface area contributed by atoms with Gasteiger partial charge in [0.25, 0.3) is 0 Å². The van der Waals surface area contributed by atoms with Crippen molar-refractivity contribution in [1.29, 1.82) is 0 Å². The highest BCUT2D eigenvalue weighted by atomic mass is 19.3. The van der Waals surface area contributed by atoms with Crippen molar-refractivity contribution < 1.29 is 18.3 Å². The standard InChI is InChI=1S/C14H20F2N2O2/c1-4-9(2)17-13(19)10(3)18-11-5-7-12(8-6-11)20-14(15)16/h5-10,14,18H,4H2,1-3H3,(H,17,19). The first-order valence-electron chi connectivity index (χ1n) is 6.54. The van der Waals surface area contributed by atoms with E-state index < -0.39 is 12.7 Å². The third-order valence-corrected chi connectivity index (χ3v) is 2.86. The molecule has 0 saturated heterocycles. The summed E-state index contributed by atoms with van der Waals surface area (Å²) in [5, 5.41) is 5.86. The van der Waals surface area contributed by atoms with Crippen molar-refractivity contribution in [3.05, 3.63) is 24.3 Å². The first-order chi connectivity index (χ1) is 9.42. The lowest BCUT2D eigenvalue weighted by molar-refractivity contribution is -0.122. The summed E-state index contributed by atoms with van der Waals surface area (Å²) in [5.74, 6) is -0.0190. The number of alkyl halides is 2. The lowest BCUT2D eigenvalue weighted by Crippen LogP contribution is -2.41. The van der Waals surface area contributed by atoms with Gasteiger partial charge in [-0.1, -0.05) is 6.92 Å². The summed E-state index contributed by atoms with van der Waals surface area (Å²) in [6.45, 7) is 2.82. The molecule has 0 aliphatic heterocycles. The molecule has 0 bridgehead atoms. The number of carbonyl (C=O) groups excluding carboxylic acids is 1. The summed E-state index contributed by atoms with van der Waals surface area (Å²) in [4.78, 5) is 11.8. The molecule has 0 aliphatic carbocycles. The van der Waals surface area contributed by atoms with E-state index in [1.54, 1.807) is 19.1 Å². The van der Waals surface area contributed by atoms with Crippen LogP contribution in [0.15, 0.2) is 24.3 Å². The predicted octanol–water partition coefficient (Wildman–Crippen LogP) is 3.00. The Balaban J connectivity index is 2.53. The molecule has 2 atom stereocenters. The summed E-state index contributed by atoms with van der Waals surface area (Å²) in [5.41, 5.74) is 0.665. The largest absolute Gasteiger partial charge is 0.435 e. The fraction of sp³-hybridized carbons (Fsp3) is 0.500. The van der Waals surface area contributed by atoms with E-state index in [0.29, 0.717) is 5.69 Å². The fourth-order valence-electron chi connectivity index (χ4n) is 1.52. The number of nitrogens with one attached hydrogen (secondary N) is 2. The molecular weight excluding hydrogens is 266 g/mol. The van der Waals surface area contributed by atoms with Crippen LogP contribution in [0.3, 0.4) is 0 Å². The Labute approximate surface area is 117 Å². The molecule has 0 fully saturated rings. The molecule has 0 aliphatic rings.